The quantitative estimate of drug-likeness (QED) is 0.399. The van der Waals surface area contributed by atoms with E-state index in [0.29, 0.717) is 0 Å². The van der Waals surface area contributed by atoms with Crippen LogP contribution in [0.4, 0.5) is 0 Å². The Bertz CT molecular complexity index is 283. The number of hydrogen-bond acceptors (Lipinski definition) is 1. The maximum Gasteiger partial charge on any atom is 0.150 e. The molecule has 0 aliphatic rings. The van der Waals surface area contributed by atoms with Crippen LogP contribution in [0.3, 0.4) is 0 Å². The molecule has 0 aliphatic carbocycles. The third-order valence-corrected chi connectivity index (χ3v) is 2.45. The first-order valence-electron chi connectivity index (χ1n) is 4.97. The standard InChI is InChI=1S/C12H15ClO/c13-8-3-1-2-5-11-6-4-7-12(9-11)10-14/h4,6-7,9-10H,1-3,5,8H2. The number of rotatable bonds is 6. The van der Waals surface area contributed by atoms with Crippen LogP contribution in [-0.2, 0) is 6.42 Å². The Labute approximate surface area is 90.1 Å². The van der Waals surface area contributed by atoms with Crippen molar-refractivity contribution in [2.24, 2.45) is 0 Å². The van der Waals surface area contributed by atoms with Crippen molar-refractivity contribution in [3.8, 4) is 0 Å². The summed E-state index contributed by atoms with van der Waals surface area (Å²) >= 11 is 5.58. The minimum Gasteiger partial charge on any atom is -0.298 e. The van der Waals surface area contributed by atoms with E-state index in [1.54, 1.807) is 0 Å². The van der Waals surface area contributed by atoms with E-state index in [1.165, 1.54) is 5.56 Å². The monoisotopic (exact) mass is 210 g/mol. The molecule has 0 spiro atoms. The fourth-order valence-electron chi connectivity index (χ4n) is 1.42. The van der Waals surface area contributed by atoms with Gasteiger partial charge >= 0.3 is 0 Å². The van der Waals surface area contributed by atoms with Crippen LogP contribution in [0.2, 0.25) is 0 Å². The number of aryl methyl sites for hydroxylation is 1. The molecular weight excluding hydrogens is 196 g/mol. The first kappa shape index (κ1) is 11.3. The summed E-state index contributed by atoms with van der Waals surface area (Å²) in [5, 5.41) is 0. The van der Waals surface area contributed by atoms with Gasteiger partial charge in [0.1, 0.15) is 6.29 Å². The van der Waals surface area contributed by atoms with Crippen LogP contribution >= 0.6 is 11.6 Å². The van der Waals surface area contributed by atoms with Gasteiger partial charge in [-0.1, -0.05) is 24.6 Å². The molecule has 0 saturated carbocycles. The molecule has 0 heterocycles. The Morgan fingerprint density at radius 2 is 2.07 bits per heavy atom. The SMILES string of the molecule is O=Cc1cccc(CCCCCCl)c1. The van der Waals surface area contributed by atoms with E-state index in [-0.39, 0.29) is 0 Å². The summed E-state index contributed by atoms with van der Waals surface area (Å²) in [6.45, 7) is 0. The molecule has 0 radical (unpaired) electrons. The molecule has 2 heteroatoms. The van der Waals surface area contributed by atoms with Gasteiger partial charge in [0.05, 0.1) is 0 Å². The molecule has 0 fully saturated rings. The molecule has 1 aromatic rings. The summed E-state index contributed by atoms with van der Waals surface area (Å²) in [5.74, 6) is 0.744. The Morgan fingerprint density at radius 3 is 2.79 bits per heavy atom. The molecule has 76 valence electrons. The molecule has 0 N–H and O–H groups in total. The second-order valence-corrected chi connectivity index (χ2v) is 3.74. The van der Waals surface area contributed by atoms with E-state index in [1.807, 2.05) is 18.2 Å². The van der Waals surface area contributed by atoms with Crippen molar-refractivity contribution < 1.29 is 4.79 Å². The second-order valence-electron chi connectivity index (χ2n) is 3.36. The molecule has 1 nitrogen and oxygen atoms in total. The van der Waals surface area contributed by atoms with Gasteiger partial charge in [-0.2, -0.15) is 0 Å². The highest BCUT2D eigenvalue weighted by Gasteiger charge is 1.95. The summed E-state index contributed by atoms with van der Waals surface area (Å²) in [7, 11) is 0. The van der Waals surface area contributed by atoms with Crippen molar-refractivity contribution in [3.05, 3.63) is 35.4 Å². The highest BCUT2D eigenvalue weighted by atomic mass is 35.5. The van der Waals surface area contributed by atoms with Gasteiger partial charge < -0.3 is 0 Å². The smallest absolute Gasteiger partial charge is 0.150 e. The number of unbranched alkanes of at least 4 members (excludes halogenated alkanes) is 2. The minimum atomic E-state index is 0.744. The van der Waals surface area contributed by atoms with Crippen molar-refractivity contribution in [1.29, 1.82) is 0 Å². The zero-order chi connectivity index (χ0) is 10.2. The van der Waals surface area contributed by atoms with E-state index >= 15 is 0 Å². The third kappa shape index (κ3) is 3.93. The Kier molecular flexibility index (Phi) is 5.31. The lowest BCUT2D eigenvalue weighted by Crippen LogP contribution is -1.88. The summed E-state index contributed by atoms with van der Waals surface area (Å²) in [6, 6.07) is 7.78. The normalized spacial score (nSPS) is 10.1. The van der Waals surface area contributed by atoms with Crippen LogP contribution < -0.4 is 0 Å². The van der Waals surface area contributed by atoms with E-state index in [9.17, 15) is 4.79 Å². The van der Waals surface area contributed by atoms with E-state index in [0.717, 1.165) is 43.4 Å². The topological polar surface area (TPSA) is 17.1 Å². The molecule has 0 amide bonds. The van der Waals surface area contributed by atoms with Crippen LogP contribution in [-0.4, -0.2) is 12.2 Å². The second kappa shape index (κ2) is 6.61. The molecule has 1 aromatic carbocycles. The van der Waals surface area contributed by atoms with Crippen molar-refractivity contribution in [3.63, 3.8) is 0 Å². The Morgan fingerprint density at radius 1 is 1.21 bits per heavy atom. The zero-order valence-corrected chi connectivity index (χ0v) is 8.96. The Balaban J connectivity index is 2.38. The summed E-state index contributed by atoms with van der Waals surface area (Å²) in [4.78, 5) is 10.5. The van der Waals surface area contributed by atoms with Crippen LogP contribution in [0.15, 0.2) is 24.3 Å². The van der Waals surface area contributed by atoms with Crippen molar-refractivity contribution in [2.45, 2.75) is 25.7 Å². The zero-order valence-electron chi connectivity index (χ0n) is 8.21. The van der Waals surface area contributed by atoms with Crippen LogP contribution in [0.5, 0.6) is 0 Å². The largest absolute Gasteiger partial charge is 0.298 e. The number of halogens is 1. The van der Waals surface area contributed by atoms with Gasteiger partial charge in [0, 0.05) is 11.4 Å². The van der Waals surface area contributed by atoms with Crippen molar-refractivity contribution >= 4 is 17.9 Å². The van der Waals surface area contributed by atoms with Gasteiger partial charge in [-0.3, -0.25) is 4.79 Å². The molecule has 1 rings (SSSR count). The van der Waals surface area contributed by atoms with E-state index < -0.39 is 0 Å². The summed E-state index contributed by atoms with van der Waals surface area (Å²) in [5.41, 5.74) is 2.00. The molecule has 0 atom stereocenters. The molecule has 0 aromatic heterocycles. The predicted molar refractivity (Wildman–Crippen MR) is 60.1 cm³/mol. The van der Waals surface area contributed by atoms with Crippen molar-refractivity contribution in [2.75, 3.05) is 5.88 Å². The molecule has 0 unspecified atom stereocenters. The molecule has 0 aliphatic heterocycles. The van der Waals surface area contributed by atoms with Crippen LogP contribution in [0.1, 0.15) is 35.2 Å². The first-order valence-corrected chi connectivity index (χ1v) is 5.50. The highest BCUT2D eigenvalue weighted by molar-refractivity contribution is 6.17. The fourth-order valence-corrected chi connectivity index (χ4v) is 1.61. The Hall–Kier alpha value is -0.820. The van der Waals surface area contributed by atoms with Crippen molar-refractivity contribution in [1.82, 2.24) is 0 Å². The predicted octanol–water partition coefficient (Wildman–Crippen LogP) is 3.45. The third-order valence-electron chi connectivity index (χ3n) is 2.19. The number of carbonyl (C=O) groups is 1. The first-order chi connectivity index (χ1) is 6.86. The van der Waals surface area contributed by atoms with Crippen LogP contribution in [0.25, 0.3) is 0 Å². The van der Waals surface area contributed by atoms with E-state index in [2.05, 4.69) is 6.07 Å². The summed E-state index contributed by atoms with van der Waals surface area (Å²) in [6.07, 6.45) is 5.32. The van der Waals surface area contributed by atoms with Gasteiger partial charge in [-0.15, -0.1) is 11.6 Å². The van der Waals surface area contributed by atoms with Gasteiger partial charge in [0.2, 0.25) is 0 Å². The highest BCUT2D eigenvalue weighted by Crippen LogP contribution is 2.08. The lowest BCUT2D eigenvalue weighted by Gasteiger charge is -2.01. The summed E-state index contributed by atoms with van der Waals surface area (Å²) < 4.78 is 0. The number of hydrogen-bond donors (Lipinski definition) is 0. The van der Waals surface area contributed by atoms with Gasteiger partial charge in [-0.05, 0) is 30.9 Å². The van der Waals surface area contributed by atoms with Gasteiger partial charge in [-0.25, -0.2) is 0 Å². The lowest BCUT2D eigenvalue weighted by molar-refractivity contribution is 0.112. The minimum absolute atomic E-state index is 0.744. The molecular formula is C12H15ClO. The molecule has 14 heavy (non-hydrogen) atoms. The maximum atomic E-state index is 10.5. The average Bonchev–Trinajstić information content (AvgIpc) is 2.25. The molecule has 0 saturated heterocycles. The van der Waals surface area contributed by atoms with Gasteiger partial charge in [0.25, 0.3) is 0 Å². The number of carbonyl (C=O) groups excluding carboxylic acids is 1. The van der Waals surface area contributed by atoms with Crippen LogP contribution in [0, 0.1) is 0 Å². The fraction of sp³-hybridized carbons (Fsp3) is 0.417. The van der Waals surface area contributed by atoms with Gasteiger partial charge in [0.15, 0.2) is 0 Å². The number of aldehydes is 1. The van der Waals surface area contributed by atoms with E-state index in [4.69, 9.17) is 11.6 Å². The maximum absolute atomic E-state index is 10.5. The lowest BCUT2D eigenvalue weighted by atomic mass is 10.1. The number of benzene rings is 1. The molecule has 0 bridgehead atoms. The number of alkyl halides is 1. The average molecular weight is 211 g/mol.